The third-order valence-electron chi connectivity index (χ3n) is 3.70. The summed E-state index contributed by atoms with van der Waals surface area (Å²) in [6.07, 6.45) is 4.40. The maximum Gasteiger partial charge on any atom is 0.170 e. The molecule has 6 heteroatoms. The zero-order chi connectivity index (χ0) is 14.7. The summed E-state index contributed by atoms with van der Waals surface area (Å²) in [5.74, 6) is 0. The normalized spacial score (nSPS) is 21.6. The highest BCUT2D eigenvalue weighted by Crippen LogP contribution is 2.37. The van der Waals surface area contributed by atoms with E-state index in [0.717, 1.165) is 17.9 Å². The molecule has 1 aliphatic rings. The van der Waals surface area contributed by atoms with Crippen LogP contribution in [0.4, 0.5) is 0 Å². The second kappa shape index (κ2) is 6.24. The summed E-state index contributed by atoms with van der Waals surface area (Å²) in [6.45, 7) is 0.875. The Balaban J connectivity index is 1.94. The summed E-state index contributed by atoms with van der Waals surface area (Å²) in [5.41, 5.74) is 2.06. The molecule has 2 aromatic heterocycles. The fourth-order valence-electron chi connectivity index (χ4n) is 2.75. The van der Waals surface area contributed by atoms with Crippen LogP contribution in [0.3, 0.4) is 0 Å². The van der Waals surface area contributed by atoms with Crippen molar-refractivity contribution in [1.29, 1.82) is 0 Å². The zero-order valence-corrected chi connectivity index (χ0v) is 12.4. The standard InChI is InChI=1S/C15H18N4OS/c20-10-4-9-19-14(12-6-3-8-17-12)13(18-15(19)21)11-5-1-2-7-16-11/h1-3,5-8,13-14,17,20H,4,9-10H2,(H,18,21)/t13-,14+/m0/s1. The number of aromatic nitrogens is 2. The van der Waals surface area contributed by atoms with E-state index >= 15 is 0 Å². The van der Waals surface area contributed by atoms with Crippen molar-refractivity contribution < 1.29 is 5.11 Å². The number of H-pyrrole nitrogens is 1. The number of aliphatic hydroxyl groups is 1. The largest absolute Gasteiger partial charge is 0.396 e. The second-order valence-electron chi connectivity index (χ2n) is 5.02. The Morgan fingerprint density at radius 2 is 2.19 bits per heavy atom. The van der Waals surface area contributed by atoms with Crippen molar-refractivity contribution in [2.75, 3.05) is 13.2 Å². The molecule has 2 aromatic rings. The Morgan fingerprint density at radius 1 is 1.29 bits per heavy atom. The van der Waals surface area contributed by atoms with Gasteiger partial charge in [-0.05, 0) is 42.9 Å². The van der Waals surface area contributed by atoms with E-state index in [4.69, 9.17) is 17.3 Å². The van der Waals surface area contributed by atoms with E-state index in [2.05, 4.69) is 26.3 Å². The van der Waals surface area contributed by atoms with Crippen LogP contribution >= 0.6 is 12.2 Å². The van der Waals surface area contributed by atoms with Crippen LogP contribution in [0, 0.1) is 0 Å². The fourth-order valence-corrected chi connectivity index (χ4v) is 3.09. The van der Waals surface area contributed by atoms with E-state index in [1.54, 1.807) is 6.20 Å². The Kier molecular flexibility index (Phi) is 4.17. The van der Waals surface area contributed by atoms with Gasteiger partial charge < -0.3 is 20.3 Å². The van der Waals surface area contributed by atoms with Gasteiger partial charge in [-0.2, -0.15) is 0 Å². The van der Waals surface area contributed by atoms with Gasteiger partial charge in [0.25, 0.3) is 0 Å². The van der Waals surface area contributed by atoms with Crippen molar-refractivity contribution in [2.45, 2.75) is 18.5 Å². The molecule has 1 aliphatic heterocycles. The predicted octanol–water partition coefficient (Wildman–Crippen LogP) is 1.76. The van der Waals surface area contributed by atoms with Gasteiger partial charge in [-0.3, -0.25) is 4.98 Å². The molecule has 1 fully saturated rings. The quantitative estimate of drug-likeness (QED) is 0.735. The highest BCUT2D eigenvalue weighted by atomic mass is 32.1. The molecule has 0 aliphatic carbocycles. The third kappa shape index (κ3) is 2.77. The van der Waals surface area contributed by atoms with Crippen LogP contribution in [0.5, 0.6) is 0 Å². The predicted molar refractivity (Wildman–Crippen MR) is 84.7 cm³/mol. The van der Waals surface area contributed by atoms with E-state index < -0.39 is 0 Å². The first-order valence-electron chi connectivity index (χ1n) is 7.03. The lowest BCUT2D eigenvalue weighted by atomic mass is 10.0. The summed E-state index contributed by atoms with van der Waals surface area (Å²) in [7, 11) is 0. The van der Waals surface area contributed by atoms with Gasteiger partial charge in [0, 0.05) is 31.2 Å². The number of thiocarbonyl (C=S) groups is 1. The van der Waals surface area contributed by atoms with Gasteiger partial charge in [0.15, 0.2) is 5.11 Å². The van der Waals surface area contributed by atoms with Crippen molar-refractivity contribution in [3.8, 4) is 0 Å². The molecule has 21 heavy (non-hydrogen) atoms. The number of hydrogen-bond acceptors (Lipinski definition) is 3. The summed E-state index contributed by atoms with van der Waals surface area (Å²) in [4.78, 5) is 9.85. The number of hydrogen-bond donors (Lipinski definition) is 3. The van der Waals surface area contributed by atoms with Crippen LogP contribution in [0.1, 0.15) is 29.9 Å². The van der Waals surface area contributed by atoms with Gasteiger partial charge in [0.1, 0.15) is 0 Å². The lowest BCUT2D eigenvalue weighted by Gasteiger charge is -2.26. The second-order valence-corrected chi connectivity index (χ2v) is 5.41. The summed E-state index contributed by atoms with van der Waals surface area (Å²) >= 11 is 5.47. The molecule has 2 atom stereocenters. The highest BCUT2D eigenvalue weighted by molar-refractivity contribution is 7.80. The Bertz CT molecular complexity index is 587. The average Bonchev–Trinajstić information content (AvgIpc) is 3.13. The first-order chi connectivity index (χ1) is 10.3. The molecule has 0 bridgehead atoms. The Hall–Kier alpha value is -1.92. The highest BCUT2D eigenvalue weighted by Gasteiger charge is 2.39. The van der Waals surface area contributed by atoms with Gasteiger partial charge in [0.05, 0.1) is 17.8 Å². The molecule has 0 aromatic carbocycles. The maximum absolute atomic E-state index is 9.10. The molecule has 0 spiro atoms. The number of aliphatic hydroxyl groups excluding tert-OH is 1. The molecule has 1 saturated heterocycles. The van der Waals surface area contributed by atoms with Gasteiger partial charge >= 0.3 is 0 Å². The van der Waals surface area contributed by atoms with Gasteiger partial charge in [-0.25, -0.2) is 0 Å². The molecule has 3 heterocycles. The molecule has 0 unspecified atom stereocenters. The number of nitrogens with zero attached hydrogens (tertiary/aromatic N) is 2. The Morgan fingerprint density at radius 3 is 2.86 bits per heavy atom. The molecular formula is C15H18N4OS. The SMILES string of the molecule is OCCCN1C(=S)N[C@@H](c2ccccn2)[C@H]1c1ccc[nH]1. The zero-order valence-electron chi connectivity index (χ0n) is 11.6. The minimum absolute atomic E-state index is 0.0102. The van der Waals surface area contributed by atoms with Gasteiger partial charge in [0.2, 0.25) is 0 Å². The van der Waals surface area contributed by atoms with Gasteiger partial charge in [-0.15, -0.1) is 0 Å². The minimum Gasteiger partial charge on any atom is -0.396 e. The van der Waals surface area contributed by atoms with Crippen LogP contribution < -0.4 is 5.32 Å². The summed E-state index contributed by atoms with van der Waals surface area (Å²) in [6, 6.07) is 10.0. The van der Waals surface area contributed by atoms with Crippen LogP contribution in [-0.4, -0.2) is 38.2 Å². The first kappa shape index (κ1) is 14.0. The molecule has 3 N–H and O–H groups in total. The average molecular weight is 302 g/mol. The number of nitrogens with one attached hydrogen (secondary N) is 2. The van der Waals surface area contributed by atoms with Crippen LogP contribution in [0.2, 0.25) is 0 Å². The third-order valence-corrected chi connectivity index (χ3v) is 4.05. The molecule has 0 radical (unpaired) electrons. The smallest absolute Gasteiger partial charge is 0.170 e. The summed E-state index contributed by atoms with van der Waals surface area (Å²) in [5, 5.41) is 13.2. The van der Waals surface area contributed by atoms with Crippen molar-refractivity contribution >= 4 is 17.3 Å². The number of rotatable bonds is 5. The van der Waals surface area contributed by atoms with E-state index in [0.29, 0.717) is 11.5 Å². The first-order valence-corrected chi connectivity index (χ1v) is 7.44. The van der Waals surface area contributed by atoms with E-state index in [9.17, 15) is 0 Å². The molecular weight excluding hydrogens is 284 g/mol. The van der Waals surface area contributed by atoms with Crippen LogP contribution in [0.25, 0.3) is 0 Å². The molecule has 0 amide bonds. The minimum atomic E-state index is 0.0102. The van der Waals surface area contributed by atoms with Crippen molar-refractivity contribution in [1.82, 2.24) is 20.2 Å². The molecule has 110 valence electrons. The van der Waals surface area contributed by atoms with Crippen molar-refractivity contribution in [3.05, 3.63) is 54.1 Å². The molecule has 0 saturated carbocycles. The van der Waals surface area contributed by atoms with Gasteiger partial charge in [-0.1, -0.05) is 6.07 Å². The number of pyridine rings is 1. The van der Waals surface area contributed by atoms with E-state index in [1.807, 2.05) is 30.5 Å². The number of aromatic amines is 1. The molecule has 5 nitrogen and oxygen atoms in total. The van der Waals surface area contributed by atoms with Crippen molar-refractivity contribution in [3.63, 3.8) is 0 Å². The Labute approximate surface area is 129 Å². The fraction of sp³-hybridized carbons (Fsp3) is 0.333. The van der Waals surface area contributed by atoms with E-state index in [1.165, 1.54) is 0 Å². The summed E-state index contributed by atoms with van der Waals surface area (Å²) < 4.78 is 0. The topological polar surface area (TPSA) is 64.2 Å². The monoisotopic (exact) mass is 302 g/mol. The lowest BCUT2D eigenvalue weighted by molar-refractivity contribution is 0.246. The molecule has 3 rings (SSSR count). The van der Waals surface area contributed by atoms with E-state index in [-0.39, 0.29) is 18.7 Å². The lowest BCUT2D eigenvalue weighted by Crippen LogP contribution is -2.31. The van der Waals surface area contributed by atoms with Crippen LogP contribution in [0.15, 0.2) is 42.7 Å². The van der Waals surface area contributed by atoms with Crippen LogP contribution in [-0.2, 0) is 0 Å². The maximum atomic E-state index is 9.10. The van der Waals surface area contributed by atoms with Crippen molar-refractivity contribution in [2.24, 2.45) is 0 Å².